The Morgan fingerprint density at radius 1 is 0.672 bits per heavy atom. The van der Waals surface area contributed by atoms with Gasteiger partial charge < -0.3 is 18.9 Å². The standard InChI is InChI=1S/C54H47BN2O2.C2H6/c1-8-9-20-36(4)54(5,6)42-29-30-44-49(41-25-13-14-26-43(41)57(44)39-22-11-10-12-23-39)53(42)56(7)40-24-17-21-37(31-40)38-32-47-52-48(33-38)59-46-28-16-19-35(3)51(46)55(52)50-34(2)18-15-27-45(50)58-47;1-2/h9-33H,4,8H2,1-3,5-7H3;1-2H3/b20-9-;. The highest BCUT2D eigenvalue weighted by Gasteiger charge is 2.42. The molecule has 0 amide bonds. The Balaban J connectivity index is 0.00000235. The minimum atomic E-state index is -0.368. The Labute approximate surface area is 361 Å². The molecule has 8 aromatic rings. The maximum Gasteiger partial charge on any atom is 0.261 e. The number of anilines is 2. The highest BCUT2D eigenvalue weighted by molar-refractivity contribution is 6.98. The van der Waals surface area contributed by atoms with Gasteiger partial charge in [-0.15, -0.1) is 0 Å². The Hall–Kier alpha value is -6.72. The fourth-order valence-corrected chi connectivity index (χ4v) is 9.53. The van der Waals surface area contributed by atoms with Crippen LogP contribution in [0.1, 0.15) is 57.7 Å². The molecule has 4 nitrogen and oxygen atoms in total. The van der Waals surface area contributed by atoms with E-state index in [4.69, 9.17) is 9.47 Å². The van der Waals surface area contributed by atoms with Crippen LogP contribution in [0, 0.1) is 13.8 Å². The lowest BCUT2D eigenvalue weighted by molar-refractivity contribution is 0.464. The fourth-order valence-electron chi connectivity index (χ4n) is 9.53. The molecule has 0 N–H and O–H groups in total. The van der Waals surface area contributed by atoms with E-state index >= 15 is 0 Å². The van der Waals surface area contributed by atoms with E-state index in [-0.39, 0.29) is 12.1 Å². The molecule has 2 aliphatic heterocycles. The van der Waals surface area contributed by atoms with Crippen LogP contribution in [0.3, 0.4) is 0 Å². The number of nitrogens with zero attached hydrogens (tertiary/aromatic N) is 2. The monoisotopic (exact) mass is 796 g/mol. The molecule has 7 aromatic carbocycles. The molecule has 0 aliphatic carbocycles. The number of rotatable bonds is 8. The van der Waals surface area contributed by atoms with E-state index in [0.717, 1.165) is 74.2 Å². The van der Waals surface area contributed by atoms with Gasteiger partial charge in [-0.2, -0.15) is 0 Å². The van der Waals surface area contributed by atoms with Crippen LogP contribution in [0.2, 0.25) is 0 Å². The van der Waals surface area contributed by atoms with Gasteiger partial charge in [-0.3, -0.25) is 0 Å². The van der Waals surface area contributed by atoms with Gasteiger partial charge in [0, 0.05) is 40.1 Å². The molecule has 0 radical (unpaired) electrons. The minimum Gasteiger partial charge on any atom is -0.458 e. The van der Waals surface area contributed by atoms with Gasteiger partial charge in [0.2, 0.25) is 0 Å². The summed E-state index contributed by atoms with van der Waals surface area (Å²) in [5.74, 6) is 3.50. The summed E-state index contributed by atoms with van der Waals surface area (Å²) in [6, 6.07) is 50.1. The van der Waals surface area contributed by atoms with E-state index in [0.29, 0.717) is 0 Å². The molecule has 0 unspecified atom stereocenters. The van der Waals surface area contributed by atoms with Gasteiger partial charge in [0.25, 0.3) is 6.71 Å². The van der Waals surface area contributed by atoms with Gasteiger partial charge in [0.1, 0.15) is 23.0 Å². The molecule has 0 atom stereocenters. The molecule has 10 rings (SSSR count). The first-order valence-corrected chi connectivity index (χ1v) is 21.7. The summed E-state index contributed by atoms with van der Waals surface area (Å²) in [6.45, 7) is 19.8. The largest absolute Gasteiger partial charge is 0.458 e. The van der Waals surface area contributed by atoms with E-state index < -0.39 is 0 Å². The first-order chi connectivity index (χ1) is 29.7. The van der Waals surface area contributed by atoms with Crippen molar-refractivity contribution in [2.24, 2.45) is 0 Å². The third-order valence-electron chi connectivity index (χ3n) is 12.7. The van der Waals surface area contributed by atoms with Crippen molar-refractivity contribution < 1.29 is 9.47 Å². The highest BCUT2D eigenvalue weighted by Crippen LogP contribution is 2.48. The van der Waals surface area contributed by atoms with Crippen LogP contribution < -0.4 is 30.8 Å². The lowest BCUT2D eigenvalue weighted by atomic mass is 9.33. The molecule has 0 spiro atoms. The number of para-hydroxylation sites is 2. The number of benzene rings is 7. The minimum absolute atomic E-state index is 0.0311. The number of allylic oxidation sites excluding steroid dienone is 3. The molecule has 0 saturated carbocycles. The lowest BCUT2D eigenvalue weighted by Crippen LogP contribution is -2.59. The van der Waals surface area contributed by atoms with Gasteiger partial charge in [0.05, 0.1) is 16.7 Å². The second-order valence-corrected chi connectivity index (χ2v) is 16.6. The van der Waals surface area contributed by atoms with Crippen LogP contribution in [0.25, 0.3) is 38.6 Å². The van der Waals surface area contributed by atoms with Gasteiger partial charge in [-0.05, 0) is 114 Å². The highest BCUT2D eigenvalue weighted by atomic mass is 16.5. The summed E-state index contributed by atoms with van der Waals surface area (Å²) in [5.41, 5.74) is 15.7. The van der Waals surface area contributed by atoms with E-state index in [9.17, 15) is 0 Å². The van der Waals surface area contributed by atoms with Crippen molar-refractivity contribution in [1.82, 2.24) is 4.57 Å². The van der Waals surface area contributed by atoms with Crippen LogP contribution in [-0.4, -0.2) is 18.3 Å². The van der Waals surface area contributed by atoms with Crippen molar-refractivity contribution in [2.75, 3.05) is 11.9 Å². The van der Waals surface area contributed by atoms with E-state index in [2.05, 4.69) is 209 Å². The van der Waals surface area contributed by atoms with Crippen molar-refractivity contribution in [2.45, 2.75) is 60.3 Å². The van der Waals surface area contributed by atoms with E-state index in [1.54, 1.807) is 0 Å². The lowest BCUT2D eigenvalue weighted by Gasteiger charge is -2.35. The zero-order valence-electron chi connectivity index (χ0n) is 36.6. The molecule has 302 valence electrons. The average Bonchev–Trinajstić information content (AvgIpc) is 3.63. The van der Waals surface area contributed by atoms with Crippen molar-refractivity contribution in [1.29, 1.82) is 0 Å². The predicted molar refractivity (Wildman–Crippen MR) is 261 cm³/mol. The summed E-state index contributed by atoms with van der Waals surface area (Å²) in [5, 5.41) is 2.42. The van der Waals surface area contributed by atoms with Crippen molar-refractivity contribution in [3.8, 4) is 39.8 Å². The smallest absolute Gasteiger partial charge is 0.261 e. The maximum atomic E-state index is 6.79. The predicted octanol–water partition coefficient (Wildman–Crippen LogP) is 13.4. The molecular formula is C56H53BN2O2. The Morgan fingerprint density at radius 3 is 1.95 bits per heavy atom. The first-order valence-electron chi connectivity index (χ1n) is 21.7. The third-order valence-corrected chi connectivity index (χ3v) is 12.7. The van der Waals surface area contributed by atoms with Gasteiger partial charge in [-0.1, -0.05) is 143 Å². The van der Waals surface area contributed by atoms with Crippen LogP contribution in [0.4, 0.5) is 11.4 Å². The molecule has 0 fully saturated rings. The van der Waals surface area contributed by atoms with Crippen molar-refractivity contribution in [3.05, 3.63) is 181 Å². The molecule has 0 bridgehead atoms. The van der Waals surface area contributed by atoms with E-state index in [1.807, 2.05) is 13.8 Å². The van der Waals surface area contributed by atoms with Crippen LogP contribution >= 0.6 is 0 Å². The van der Waals surface area contributed by atoms with Gasteiger partial charge in [-0.25, -0.2) is 0 Å². The quantitative estimate of drug-likeness (QED) is 0.113. The summed E-state index contributed by atoms with van der Waals surface area (Å²) >= 11 is 0. The summed E-state index contributed by atoms with van der Waals surface area (Å²) in [6.07, 6.45) is 5.36. The number of aryl methyl sites for hydroxylation is 2. The number of ether oxygens (including phenoxy) is 2. The molecule has 2 aliphatic rings. The Kier molecular flexibility index (Phi) is 10.2. The average molecular weight is 797 g/mol. The fraction of sp³-hybridized carbons (Fsp3) is 0.179. The summed E-state index contributed by atoms with van der Waals surface area (Å²) in [7, 11) is 2.21. The number of hydrogen-bond acceptors (Lipinski definition) is 3. The van der Waals surface area contributed by atoms with Crippen LogP contribution in [-0.2, 0) is 5.41 Å². The van der Waals surface area contributed by atoms with Crippen LogP contribution in [0.15, 0.2) is 164 Å². The van der Waals surface area contributed by atoms with Crippen LogP contribution in [0.5, 0.6) is 23.0 Å². The van der Waals surface area contributed by atoms with Gasteiger partial charge >= 0.3 is 0 Å². The molecular weight excluding hydrogens is 743 g/mol. The van der Waals surface area contributed by atoms with Gasteiger partial charge in [0.15, 0.2) is 0 Å². The number of fused-ring (bicyclic) bond motifs is 7. The zero-order chi connectivity index (χ0) is 42.6. The molecule has 3 heterocycles. The number of hydrogen-bond donors (Lipinski definition) is 0. The Morgan fingerprint density at radius 2 is 1.30 bits per heavy atom. The molecule has 61 heavy (non-hydrogen) atoms. The first kappa shape index (κ1) is 39.7. The van der Waals surface area contributed by atoms with Crippen molar-refractivity contribution in [3.63, 3.8) is 0 Å². The molecule has 5 heteroatoms. The zero-order valence-corrected chi connectivity index (χ0v) is 36.6. The Bertz CT molecular complexity index is 2950. The normalized spacial score (nSPS) is 12.6. The SMILES string of the molecule is C=C(/C=C\CC)C(C)(C)c1ccc2c(c1N(C)c1cccc(-c3cc4c5c(c3)Oc3cccc(C)c3B5c3c(C)cccc3O4)c1)c1ccccc1n2-c1ccccc1.CC. The summed E-state index contributed by atoms with van der Waals surface area (Å²) in [4.78, 5) is 2.38. The molecule has 1 aromatic heterocycles. The number of aromatic nitrogens is 1. The van der Waals surface area contributed by atoms with E-state index in [1.165, 1.54) is 43.9 Å². The van der Waals surface area contributed by atoms with Crippen molar-refractivity contribution >= 4 is 56.3 Å². The third kappa shape index (κ3) is 6.46. The second-order valence-electron chi connectivity index (χ2n) is 16.6. The maximum absolute atomic E-state index is 6.79. The topological polar surface area (TPSA) is 26.6 Å². The summed E-state index contributed by atoms with van der Waals surface area (Å²) < 4.78 is 16.0. The second kappa shape index (κ2) is 15.7. The molecule has 0 saturated heterocycles.